The molecule has 4 heteroatoms. The minimum absolute atomic E-state index is 0.142. The Labute approximate surface area is 69.2 Å². The molecule has 0 radical (unpaired) electrons. The lowest BCUT2D eigenvalue weighted by Crippen LogP contribution is -1.94. The molecule has 12 heavy (non-hydrogen) atoms. The zero-order valence-electron chi connectivity index (χ0n) is 6.27. The molecule has 1 aromatic rings. The maximum atomic E-state index is 10.2. The molecule has 0 aromatic carbocycles. The topological polar surface area (TPSA) is 56.3 Å². The van der Waals surface area contributed by atoms with Crippen LogP contribution in [-0.2, 0) is 16.1 Å². The third kappa shape index (κ3) is 2.16. The summed E-state index contributed by atoms with van der Waals surface area (Å²) in [7, 11) is 0. The second-order valence-corrected chi connectivity index (χ2v) is 2.11. The number of rotatable bonds is 4. The standard InChI is InChI=1S/C8H7NO3/c10-4-7-1-2-8(9-3-7)5-12-6-11/h1-4,6H,5H2. The van der Waals surface area contributed by atoms with E-state index in [9.17, 15) is 9.59 Å². The summed E-state index contributed by atoms with van der Waals surface area (Å²) < 4.78 is 4.46. The van der Waals surface area contributed by atoms with Gasteiger partial charge in [0.25, 0.3) is 6.47 Å². The number of hydrogen-bond acceptors (Lipinski definition) is 4. The van der Waals surface area contributed by atoms with Crippen molar-refractivity contribution in [3.63, 3.8) is 0 Å². The van der Waals surface area contributed by atoms with E-state index in [1.807, 2.05) is 0 Å². The van der Waals surface area contributed by atoms with Crippen LogP contribution in [0.4, 0.5) is 0 Å². The van der Waals surface area contributed by atoms with Gasteiger partial charge >= 0.3 is 0 Å². The van der Waals surface area contributed by atoms with Crippen LogP contribution in [0.15, 0.2) is 18.3 Å². The number of ether oxygens (including phenoxy) is 1. The van der Waals surface area contributed by atoms with Gasteiger partial charge in [0.15, 0.2) is 6.29 Å². The zero-order valence-corrected chi connectivity index (χ0v) is 6.27. The molecule has 0 saturated carbocycles. The van der Waals surface area contributed by atoms with Crippen LogP contribution in [-0.4, -0.2) is 17.7 Å². The van der Waals surface area contributed by atoms with Gasteiger partial charge in [-0.2, -0.15) is 0 Å². The Hall–Kier alpha value is -1.71. The van der Waals surface area contributed by atoms with E-state index in [4.69, 9.17) is 0 Å². The summed E-state index contributed by atoms with van der Waals surface area (Å²) in [5.41, 5.74) is 1.12. The van der Waals surface area contributed by atoms with Crippen LogP contribution < -0.4 is 0 Å². The van der Waals surface area contributed by atoms with Gasteiger partial charge in [0, 0.05) is 11.8 Å². The largest absolute Gasteiger partial charge is 0.461 e. The van der Waals surface area contributed by atoms with Crippen molar-refractivity contribution in [2.24, 2.45) is 0 Å². The molecule has 0 N–H and O–H groups in total. The molecule has 0 amide bonds. The van der Waals surface area contributed by atoms with Crippen molar-refractivity contribution in [1.82, 2.24) is 4.98 Å². The summed E-state index contributed by atoms with van der Waals surface area (Å²) in [4.78, 5) is 23.9. The second-order valence-electron chi connectivity index (χ2n) is 2.11. The highest BCUT2D eigenvalue weighted by molar-refractivity contribution is 5.73. The number of aromatic nitrogens is 1. The monoisotopic (exact) mass is 165 g/mol. The number of carbonyl (C=O) groups is 2. The highest BCUT2D eigenvalue weighted by Crippen LogP contribution is 1.98. The first kappa shape index (κ1) is 8.39. The highest BCUT2D eigenvalue weighted by Gasteiger charge is 1.94. The van der Waals surface area contributed by atoms with Crippen molar-refractivity contribution in [3.05, 3.63) is 29.6 Å². The minimum atomic E-state index is 0.142. The third-order valence-electron chi connectivity index (χ3n) is 1.28. The Balaban J connectivity index is 2.64. The molecule has 0 spiro atoms. The lowest BCUT2D eigenvalue weighted by atomic mass is 10.3. The van der Waals surface area contributed by atoms with Gasteiger partial charge in [-0.1, -0.05) is 0 Å². The highest BCUT2D eigenvalue weighted by atomic mass is 16.5. The van der Waals surface area contributed by atoms with Gasteiger partial charge in [-0.15, -0.1) is 0 Å². The fourth-order valence-corrected chi connectivity index (χ4v) is 0.710. The van der Waals surface area contributed by atoms with Crippen molar-refractivity contribution < 1.29 is 14.3 Å². The summed E-state index contributed by atoms with van der Waals surface area (Å²) >= 11 is 0. The molecule has 62 valence electrons. The Morgan fingerprint density at radius 3 is 2.75 bits per heavy atom. The number of nitrogens with zero attached hydrogens (tertiary/aromatic N) is 1. The Bertz CT molecular complexity index is 268. The molecule has 0 saturated heterocycles. The van der Waals surface area contributed by atoms with Gasteiger partial charge in [-0.3, -0.25) is 14.6 Å². The van der Waals surface area contributed by atoms with Gasteiger partial charge in [0.2, 0.25) is 0 Å². The van der Waals surface area contributed by atoms with Crippen LogP contribution in [0.1, 0.15) is 16.1 Å². The van der Waals surface area contributed by atoms with Gasteiger partial charge in [0.1, 0.15) is 6.61 Å². The minimum Gasteiger partial charge on any atom is -0.461 e. The predicted octanol–water partition coefficient (Wildman–Crippen LogP) is 0.567. The SMILES string of the molecule is O=COCc1ccc(C=O)cn1. The van der Waals surface area contributed by atoms with Crippen molar-refractivity contribution in [3.8, 4) is 0 Å². The normalized spacial score (nSPS) is 9.00. The van der Waals surface area contributed by atoms with E-state index >= 15 is 0 Å². The molecule has 1 heterocycles. The van der Waals surface area contributed by atoms with E-state index in [2.05, 4.69) is 9.72 Å². The summed E-state index contributed by atoms with van der Waals surface area (Å²) in [6.45, 7) is 0.498. The molecule has 0 bridgehead atoms. The van der Waals surface area contributed by atoms with Gasteiger partial charge in [-0.05, 0) is 12.1 Å². The molecular formula is C8H7NO3. The smallest absolute Gasteiger partial charge is 0.293 e. The number of aldehydes is 1. The first-order chi connectivity index (χ1) is 5.86. The number of carbonyl (C=O) groups excluding carboxylic acids is 2. The number of pyridine rings is 1. The average molecular weight is 165 g/mol. The molecular weight excluding hydrogens is 158 g/mol. The van der Waals surface area contributed by atoms with Crippen molar-refractivity contribution >= 4 is 12.8 Å². The fourth-order valence-electron chi connectivity index (χ4n) is 0.710. The van der Waals surface area contributed by atoms with Gasteiger partial charge < -0.3 is 4.74 Å². The van der Waals surface area contributed by atoms with E-state index in [0.29, 0.717) is 24.0 Å². The molecule has 0 fully saturated rings. The fraction of sp³-hybridized carbons (Fsp3) is 0.125. The maximum Gasteiger partial charge on any atom is 0.293 e. The molecule has 0 aliphatic heterocycles. The third-order valence-corrected chi connectivity index (χ3v) is 1.28. The lowest BCUT2D eigenvalue weighted by molar-refractivity contribution is -0.129. The first-order valence-electron chi connectivity index (χ1n) is 3.32. The molecule has 1 rings (SSSR count). The Morgan fingerprint density at radius 2 is 2.25 bits per heavy atom. The van der Waals surface area contributed by atoms with Crippen molar-refractivity contribution in [2.75, 3.05) is 0 Å². The summed E-state index contributed by atoms with van der Waals surface area (Å²) in [6, 6.07) is 3.25. The van der Waals surface area contributed by atoms with E-state index in [1.165, 1.54) is 6.20 Å². The van der Waals surface area contributed by atoms with Crippen LogP contribution in [0.3, 0.4) is 0 Å². The lowest BCUT2D eigenvalue weighted by Gasteiger charge is -1.97. The molecule has 1 aromatic heterocycles. The van der Waals surface area contributed by atoms with Crippen LogP contribution in [0.25, 0.3) is 0 Å². The molecule has 0 unspecified atom stereocenters. The van der Waals surface area contributed by atoms with E-state index < -0.39 is 0 Å². The van der Waals surface area contributed by atoms with Crippen molar-refractivity contribution in [1.29, 1.82) is 0 Å². The van der Waals surface area contributed by atoms with E-state index in [-0.39, 0.29) is 6.61 Å². The first-order valence-corrected chi connectivity index (χ1v) is 3.32. The van der Waals surface area contributed by atoms with Crippen molar-refractivity contribution in [2.45, 2.75) is 6.61 Å². The maximum absolute atomic E-state index is 10.2. The van der Waals surface area contributed by atoms with Gasteiger partial charge in [-0.25, -0.2) is 0 Å². The zero-order chi connectivity index (χ0) is 8.81. The second kappa shape index (κ2) is 4.23. The van der Waals surface area contributed by atoms with Crippen LogP contribution in [0.2, 0.25) is 0 Å². The van der Waals surface area contributed by atoms with Gasteiger partial charge in [0.05, 0.1) is 5.69 Å². The summed E-state index contributed by atoms with van der Waals surface area (Å²) in [5.74, 6) is 0. The predicted molar refractivity (Wildman–Crippen MR) is 40.5 cm³/mol. The summed E-state index contributed by atoms with van der Waals surface area (Å²) in [6.07, 6.45) is 2.13. The Morgan fingerprint density at radius 1 is 1.42 bits per heavy atom. The molecule has 0 aliphatic rings. The van der Waals surface area contributed by atoms with Crippen LogP contribution in [0.5, 0.6) is 0 Å². The quantitative estimate of drug-likeness (QED) is 0.612. The Kier molecular flexibility index (Phi) is 2.95. The summed E-state index contributed by atoms with van der Waals surface area (Å²) in [5, 5.41) is 0. The molecule has 0 atom stereocenters. The van der Waals surface area contributed by atoms with E-state index in [0.717, 1.165) is 0 Å². The van der Waals surface area contributed by atoms with Crippen LogP contribution >= 0.6 is 0 Å². The molecule has 0 aliphatic carbocycles. The van der Waals surface area contributed by atoms with Crippen LogP contribution in [0, 0.1) is 0 Å². The molecule has 4 nitrogen and oxygen atoms in total. The number of hydrogen-bond donors (Lipinski definition) is 0. The average Bonchev–Trinajstić information content (AvgIpc) is 2.15. The van der Waals surface area contributed by atoms with E-state index in [1.54, 1.807) is 12.1 Å².